The van der Waals surface area contributed by atoms with Crippen molar-refractivity contribution in [2.24, 2.45) is 0 Å². The molecule has 0 saturated carbocycles. The molecule has 0 aromatic heterocycles. The van der Waals surface area contributed by atoms with Crippen molar-refractivity contribution in [3.8, 4) is 5.75 Å². The van der Waals surface area contributed by atoms with Crippen LogP contribution in [0, 0.1) is 20.8 Å². The average Bonchev–Trinajstić information content (AvgIpc) is 3.35. The first kappa shape index (κ1) is 26.9. The molecule has 2 heterocycles. The van der Waals surface area contributed by atoms with E-state index >= 15 is 0 Å². The lowest BCUT2D eigenvalue weighted by Gasteiger charge is -2.36. The Balaban J connectivity index is 1.51. The zero-order valence-electron chi connectivity index (χ0n) is 21.3. The number of benzene rings is 2. The molecule has 2 saturated heterocycles. The van der Waals surface area contributed by atoms with Crippen LogP contribution in [0.15, 0.2) is 40.1 Å². The third kappa shape index (κ3) is 5.55. The highest BCUT2D eigenvalue weighted by Crippen LogP contribution is 2.33. The van der Waals surface area contributed by atoms with Crippen LogP contribution in [0.2, 0.25) is 0 Å². The van der Waals surface area contributed by atoms with Gasteiger partial charge in [-0.05, 0) is 62.9 Å². The van der Waals surface area contributed by atoms with Gasteiger partial charge in [-0.1, -0.05) is 17.7 Å². The lowest BCUT2D eigenvalue weighted by molar-refractivity contribution is 0.114. The number of anilines is 1. The molecule has 0 spiro atoms. The highest BCUT2D eigenvalue weighted by atomic mass is 32.2. The van der Waals surface area contributed by atoms with Crippen molar-refractivity contribution in [3.63, 3.8) is 0 Å². The number of hydrogen-bond acceptors (Lipinski definition) is 7. The molecule has 0 aliphatic carbocycles. The monoisotopic (exact) mass is 537 g/mol. The van der Waals surface area contributed by atoms with Gasteiger partial charge in [0.25, 0.3) is 0 Å². The fourth-order valence-electron chi connectivity index (χ4n) is 5.05. The fourth-order valence-corrected chi connectivity index (χ4v) is 7.97. The molecule has 2 aliphatic heterocycles. The fraction of sp³-hybridized carbons (Fsp3) is 0.520. The average molecular weight is 538 g/mol. The van der Waals surface area contributed by atoms with Crippen LogP contribution in [0.25, 0.3) is 0 Å². The molecule has 2 aliphatic rings. The summed E-state index contributed by atoms with van der Waals surface area (Å²) in [5.41, 5.74) is 3.13. The van der Waals surface area contributed by atoms with E-state index in [4.69, 9.17) is 9.47 Å². The second-order valence-corrected chi connectivity index (χ2v) is 13.1. The Morgan fingerprint density at radius 3 is 2.25 bits per heavy atom. The van der Waals surface area contributed by atoms with Gasteiger partial charge in [0, 0.05) is 39.3 Å². The van der Waals surface area contributed by atoms with E-state index in [1.54, 1.807) is 12.1 Å². The van der Waals surface area contributed by atoms with E-state index in [1.165, 1.54) is 17.5 Å². The van der Waals surface area contributed by atoms with Crippen molar-refractivity contribution in [1.82, 2.24) is 9.03 Å². The van der Waals surface area contributed by atoms with Crippen molar-refractivity contribution in [3.05, 3.63) is 47.0 Å². The van der Waals surface area contributed by atoms with E-state index in [1.807, 2.05) is 37.8 Å². The highest BCUT2D eigenvalue weighted by molar-refractivity contribution is 7.89. The van der Waals surface area contributed by atoms with Gasteiger partial charge in [0.1, 0.15) is 5.75 Å². The molecule has 2 aromatic carbocycles. The second kappa shape index (κ2) is 10.7. The van der Waals surface area contributed by atoms with Crippen LogP contribution < -0.4 is 14.4 Å². The molecule has 2 fully saturated rings. The van der Waals surface area contributed by atoms with Crippen LogP contribution in [0.4, 0.5) is 5.69 Å². The van der Waals surface area contributed by atoms with Crippen molar-refractivity contribution >= 4 is 25.7 Å². The molecule has 0 radical (unpaired) electrons. The summed E-state index contributed by atoms with van der Waals surface area (Å²) in [5, 5.41) is 0. The summed E-state index contributed by atoms with van der Waals surface area (Å²) in [6.45, 7) is 7.88. The summed E-state index contributed by atoms with van der Waals surface area (Å²) < 4.78 is 68.0. The van der Waals surface area contributed by atoms with Gasteiger partial charge < -0.3 is 14.4 Å². The Kier molecular flexibility index (Phi) is 7.96. The summed E-state index contributed by atoms with van der Waals surface area (Å²) >= 11 is 0. The number of nitrogens with zero attached hydrogens (tertiary/aromatic N) is 2. The highest BCUT2D eigenvalue weighted by Gasteiger charge is 2.32. The van der Waals surface area contributed by atoms with Crippen molar-refractivity contribution in [2.75, 3.05) is 51.3 Å². The van der Waals surface area contributed by atoms with Gasteiger partial charge in [-0.15, -0.1) is 0 Å². The van der Waals surface area contributed by atoms with Crippen LogP contribution in [-0.2, 0) is 24.8 Å². The first-order valence-corrected chi connectivity index (χ1v) is 15.1. The molecule has 1 N–H and O–H groups in total. The Bertz CT molecular complexity index is 1290. The molecule has 0 amide bonds. The van der Waals surface area contributed by atoms with Gasteiger partial charge in [-0.2, -0.15) is 4.31 Å². The predicted octanol–water partition coefficient (Wildman–Crippen LogP) is 2.59. The summed E-state index contributed by atoms with van der Waals surface area (Å²) in [5.74, 6) is 0.537. The first-order chi connectivity index (χ1) is 17.0. The molecule has 4 rings (SSSR count). The second-order valence-electron chi connectivity index (χ2n) is 9.44. The van der Waals surface area contributed by atoms with Gasteiger partial charge in [0.2, 0.25) is 20.0 Å². The third-order valence-corrected chi connectivity index (χ3v) is 10.4. The molecule has 11 heteroatoms. The Hall–Kier alpha value is -2.18. The Morgan fingerprint density at radius 1 is 1.00 bits per heavy atom. The lowest BCUT2D eigenvalue weighted by atomic mass is 10.1. The molecule has 2 aromatic rings. The Morgan fingerprint density at radius 2 is 1.67 bits per heavy atom. The van der Waals surface area contributed by atoms with E-state index in [-0.39, 0.29) is 30.6 Å². The van der Waals surface area contributed by atoms with E-state index in [2.05, 4.69) is 4.72 Å². The van der Waals surface area contributed by atoms with Gasteiger partial charge in [-0.3, -0.25) is 0 Å². The zero-order valence-corrected chi connectivity index (χ0v) is 22.9. The number of piperazine rings is 1. The van der Waals surface area contributed by atoms with Gasteiger partial charge in [0.05, 0.1) is 28.7 Å². The molecule has 0 unspecified atom stereocenters. The van der Waals surface area contributed by atoms with E-state index < -0.39 is 20.0 Å². The molecule has 1 atom stereocenters. The smallest absolute Gasteiger partial charge is 0.243 e. The molecular weight excluding hydrogens is 502 g/mol. The number of aryl methyl sites for hydroxylation is 3. The van der Waals surface area contributed by atoms with Crippen molar-refractivity contribution in [2.45, 2.75) is 49.5 Å². The van der Waals surface area contributed by atoms with Gasteiger partial charge in [-0.25, -0.2) is 21.6 Å². The van der Waals surface area contributed by atoms with Crippen molar-refractivity contribution in [1.29, 1.82) is 0 Å². The number of nitrogens with one attached hydrogen (secondary N) is 1. The lowest BCUT2D eigenvalue weighted by Crippen LogP contribution is -2.49. The first-order valence-electron chi connectivity index (χ1n) is 12.1. The SMILES string of the molecule is COc1ccc(S(=O)(=O)NC[C@H]2CCCO2)cc1N1CCN(S(=O)(=O)c2c(C)cc(C)cc2C)CC1. The summed E-state index contributed by atoms with van der Waals surface area (Å²) in [6, 6.07) is 8.52. The number of rotatable bonds is 8. The summed E-state index contributed by atoms with van der Waals surface area (Å²) in [4.78, 5) is 2.47. The third-order valence-electron chi connectivity index (χ3n) is 6.77. The van der Waals surface area contributed by atoms with E-state index in [0.29, 0.717) is 36.0 Å². The van der Waals surface area contributed by atoms with E-state index in [9.17, 15) is 16.8 Å². The van der Waals surface area contributed by atoms with Crippen LogP contribution >= 0.6 is 0 Å². The molecule has 198 valence electrons. The van der Waals surface area contributed by atoms with Crippen LogP contribution in [0.5, 0.6) is 5.75 Å². The largest absolute Gasteiger partial charge is 0.495 e. The number of sulfonamides is 2. The number of ether oxygens (including phenoxy) is 2. The maximum absolute atomic E-state index is 13.5. The topological polar surface area (TPSA) is 105 Å². The maximum Gasteiger partial charge on any atom is 0.243 e. The summed E-state index contributed by atoms with van der Waals surface area (Å²) in [6.07, 6.45) is 1.67. The molecule has 9 nitrogen and oxygen atoms in total. The number of methoxy groups -OCH3 is 1. The quantitative estimate of drug-likeness (QED) is 0.552. The summed E-state index contributed by atoms with van der Waals surface area (Å²) in [7, 11) is -5.85. The van der Waals surface area contributed by atoms with Crippen LogP contribution in [0.3, 0.4) is 0 Å². The molecular formula is C25H35N3O6S2. The van der Waals surface area contributed by atoms with Crippen LogP contribution in [0.1, 0.15) is 29.5 Å². The zero-order chi connectivity index (χ0) is 26.1. The molecule has 36 heavy (non-hydrogen) atoms. The minimum atomic E-state index is -3.74. The maximum atomic E-state index is 13.5. The predicted molar refractivity (Wildman–Crippen MR) is 139 cm³/mol. The normalized spacial score (nSPS) is 19.6. The van der Waals surface area contributed by atoms with Gasteiger partial charge in [0.15, 0.2) is 0 Å². The standard InChI is InChI=1S/C25H35N3O6S2/c1-18-14-19(2)25(20(3)15-18)36(31,32)28-11-9-27(10-12-28)23-16-22(7-8-24(23)33-4)35(29,30)26-17-21-6-5-13-34-21/h7-8,14-16,21,26H,5-6,9-13,17H2,1-4H3/t21-/m1/s1. The molecule has 0 bridgehead atoms. The minimum absolute atomic E-state index is 0.103. The van der Waals surface area contributed by atoms with E-state index in [0.717, 1.165) is 29.5 Å². The van der Waals surface area contributed by atoms with Crippen LogP contribution in [-0.4, -0.2) is 73.7 Å². The van der Waals surface area contributed by atoms with Gasteiger partial charge >= 0.3 is 0 Å². The van der Waals surface area contributed by atoms with Crippen molar-refractivity contribution < 1.29 is 26.3 Å². The minimum Gasteiger partial charge on any atom is -0.495 e. The number of hydrogen-bond donors (Lipinski definition) is 1. The Labute approximate surface area is 214 Å².